The lowest BCUT2D eigenvalue weighted by molar-refractivity contribution is -0.138. The molecule has 1 amide bonds. The second-order valence-corrected chi connectivity index (χ2v) is 8.75. The summed E-state index contributed by atoms with van der Waals surface area (Å²) in [6.45, 7) is 6.23. The summed E-state index contributed by atoms with van der Waals surface area (Å²) >= 11 is 0. The van der Waals surface area contributed by atoms with Gasteiger partial charge in [0.25, 0.3) is 0 Å². The van der Waals surface area contributed by atoms with Crippen LogP contribution < -0.4 is 0 Å². The van der Waals surface area contributed by atoms with E-state index in [4.69, 9.17) is 0 Å². The first-order chi connectivity index (χ1) is 10.4. The van der Waals surface area contributed by atoms with Crippen LogP contribution in [0.5, 0.6) is 0 Å². The van der Waals surface area contributed by atoms with E-state index in [1.807, 2.05) is 13.8 Å². The molecule has 0 spiro atoms. The fourth-order valence-electron chi connectivity index (χ4n) is 3.53. The number of rotatable bonds is 5. The van der Waals surface area contributed by atoms with Crippen LogP contribution in [0.3, 0.4) is 0 Å². The maximum absolute atomic E-state index is 12.8. The van der Waals surface area contributed by atoms with Crippen LogP contribution in [0.25, 0.3) is 0 Å². The first-order valence-electron chi connectivity index (χ1n) is 8.23. The lowest BCUT2D eigenvalue weighted by atomic mass is 9.96. The quantitative estimate of drug-likeness (QED) is 0.773. The van der Waals surface area contributed by atoms with Crippen molar-refractivity contribution in [1.29, 1.82) is 0 Å². The highest BCUT2D eigenvalue weighted by Gasteiger charge is 2.37. The van der Waals surface area contributed by atoms with Crippen molar-refractivity contribution in [2.45, 2.75) is 45.2 Å². The number of piperidine rings is 1. The fourth-order valence-corrected chi connectivity index (χ4v) is 5.26. The molecule has 2 rings (SSSR count). The molecule has 0 aliphatic carbocycles. The number of hydrogen-bond acceptors (Lipinski definition) is 5. The highest BCUT2D eigenvalue weighted by atomic mass is 32.2. The molecule has 1 N–H and O–H groups in total. The molecule has 2 saturated heterocycles. The van der Waals surface area contributed by atoms with Crippen LogP contribution in [0.15, 0.2) is 0 Å². The molecule has 0 bridgehead atoms. The third-order valence-electron chi connectivity index (χ3n) is 5.09. The Hall–Kier alpha value is -0.660. The Labute approximate surface area is 133 Å². The molecule has 6 nitrogen and oxygen atoms in total. The monoisotopic (exact) mass is 332 g/mol. The molecule has 7 heteroatoms. The molecule has 2 fully saturated rings. The Morgan fingerprint density at radius 1 is 1.32 bits per heavy atom. The zero-order chi connectivity index (χ0) is 16.3. The maximum Gasteiger partial charge on any atom is 0.239 e. The summed E-state index contributed by atoms with van der Waals surface area (Å²) in [6.07, 6.45) is 2.39. The number of aliphatic hydroxyl groups is 1. The van der Waals surface area contributed by atoms with Crippen molar-refractivity contribution in [3.63, 3.8) is 0 Å². The third-order valence-corrected chi connectivity index (χ3v) is 6.84. The predicted molar refractivity (Wildman–Crippen MR) is 85.3 cm³/mol. The number of amides is 1. The first-order valence-corrected chi connectivity index (χ1v) is 10.1. The van der Waals surface area contributed by atoms with Gasteiger partial charge in [0.15, 0.2) is 9.84 Å². The van der Waals surface area contributed by atoms with Gasteiger partial charge < -0.3 is 10.0 Å². The minimum Gasteiger partial charge on any atom is -0.396 e. The van der Waals surface area contributed by atoms with Crippen molar-refractivity contribution in [1.82, 2.24) is 9.80 Å². The molecule has 2 heterocycles. The van der Waals surface area contributed by atoms with Crippen LogP contribution in [0.2, 0.25) is 0 Å². The van der Waals surface area contributed by atoms with E-state index in [2.05, 4.69) is 4.90 Å². The number of carbonyl (C=O) groups is 1. The molecule has 128 valence electrons. The van der Waals surface area contributed by atoms with E-state index < -0.39 is 9.84 Å². The maximum atomic E-state index is 12.8. The normalized spacial score (nSPS) is 27.7. The number of hydrogen-bond donors (Lipinski definition) is 1. The number of carbonyl (C=O) groups excluding carboxylic acids is 1. The van der Waals surface area contributed by atoms with E-state index in [-0.39, 0.29) is 36.1 Å². The van der Waals surface area contributed by atoms with Crippen LogP contribution in [-0.4, -0.2) is 79.1 Å². The average Bonchev–Trinajstić information content (AvgIpc) is 2.87. The standard InChI is InChI=1S/C15H28N2O4S/c1-3-17(14-6-9-22(20,21)11-14)15(19)12(2)16-7-4-13(10-18)5-8-16/h12-14,18H,3-11H2,1-2H3/t12-,14+/m1/s1. The highest BCUT2D eigenvalue weighted by Crippen LogP contribution is 2.22. The van der Waals surface area contributed by atoms with Gasteiger partial charge in [0.05, 0.1) is 17.5 Å². The third kappa shape index (κ3) is 4.00. The van der Waals surface area contributed by atoms with Crippen LogP contribution in [-0.2, 0) is 14.6 Å². The molecule has 2 aliphatic heterocycles. The number of nitrogens with zero attached hydrogens (tertiary/aromatic N) is 2. The van der Waals surface area contributed by atoms with Crippen LogP contribution in [0.1, 0.15) is 33.1 Å². The van der Waals surface area contributed by atoms with Crippen molar-refractivity contribution in [2.75, 3.05) is 37.7 Å². The van der Waals surface area contributed by atoms with Crippen molar-refractivity contribution >= 4 is 15.7 Å². The Morgan fingerprint density at radius 2 is 1.95 bits per heavy atom. The summed E-state index contributed by atoms with van der Waals surface area (Å²) < 4.78 is 23.3. The molecule has 0 aromatic rings. The largest absolute Gasteiger partial charge is 0.396 e. The molecular formula is C15H28N2O4S. The summed E-state index contributed by atoms with van der Waals surface area (Å²) in [5.74, 6) is 0.678. The number of sulfone groups is 1. The summed E-state index contributed by atoms with van der Waals surface area (Å²) in [5, 5.41) is 9.19. The van der Waals surface area contributed by atoms with Crippen molar-refractivity contribution < 1.29 is 18.3 Å². The van der Waals surface area contributed by atoms with Gasteiger partial charge in [-0.05, 0) is 52.1 Å². The Morgan fingerprint density at radius 3 is 2.41 bits per heavy atom. The lowest BCUT2D eigenvalue weighted by Gasteiger charge is -2.38. The van der Waals surface area contributed by atoms with E-state index in [0.29, 0.717) is 18.9 Å². The molecule has 2 aliphatic rings. The van der Waals surface area contributed by atoms with Gasteiger partial charge in [-0.1, -0.05) is 0 Å². The lowest BCUT2D eigenvalue weighted by Crippen LogP contribution is -2.52. The van der Waals surface area contributed by atoms with Crippen LogP contribution in [0, 0.1) is 5.92 Å². The molecule has 0 radical (unpaired) electrons. The van der Waals surface area contributed by atoms with Gasteiger partial charge in [0, 0.05) is 19.2 Å². The van der Waals surface area contributed by atoms with Gasteiger partial charge in [-0.25, -0.2) is 8.42 Å². The average molecular weight is 332 g/mol. The van der Waals surface area contributed by atoms with E-state index in [9.17, 15) is 18.3 Å². The SMILES string of the molecule is CCN(C(=O)[C@@H](C)N1CCC(CO)CC1)[C@H]1CCS(=O)(=O)C1. The zero-order valence-electron chi connectivity index (χ0n) is 13.6. The molecule has 2 atom stereocenters. The Bertz CT molecular complexity index is 486. The first kappa shape index (κ1) is 17.7. The van der Waals surface area contributed by atoms with Gasteiger partial charge in [0.1, 0.15) is 0 Å². The van der Waals surface area contributed by atoms with E-state index >= 15 is 0 Å². The van der Waals surface area contributed by atoms with Gasteiger partial charge in [-0.2, -0.15) is 0 Å². The minimum absolute atomic E-state index is 0.0343. The van der Waals surface area contributed by atoms with Gasteiger partial charge in [-0.3, -0.25) is 9.69 Å². The van der Waals surface area contributed by atoms with Crippen LogP contribution >= 0.6 is 0 Å². The zero-order valence-corrected chi connectivity index (χ0v) is 14.4. The number of likely N-dealkylation sites (N-methyl/N-ethyl adjacent to an activating group) is 1. The summed E-state index contributed by atoms with van der Waals surface area (Å²) in [4.78, 5) is 16.7. The van der Waals surface area contributed by atoms with E-state index in [0.717, 1.165) is 25.9 Å². The van der Waals surface area contributed by atoms with Gasteiger partial charge >= 0.3 is 0 Å². The Kier molecular flexibility index (Phi) is 5.85. The molecule has 0 unspecified atom stereocenters. The summed E-state index contributed by atoms with van der Waals surface area (Å²) in [5.41, 5.74) is 0. The summed E-state index contributed by atoms with van der Waals surface area (Å²) in [6, 6.07) is -0.386. The second kappa shape index (κ2) is 7.27. The van der Waals surface area contributed by atoms with Crippen molar-refractivity contribution in [3.8, 4) is 0 Å². The highest BCUT2D eigenvalue weighted by molar-refractivity contribution is 7.91. The molecular weight excluding hydrogens is 304 g/mol. The smallest absolute Gasteiger partial charge is 0.239 e. The summed E-state index contributed by atoms with van der Waals surface area (Å²) in [7, 11) is -2.98. The number of aliphatic hydroxyl groups excluding tert-OH is 1. The predicted octanol–water partition coefficient (Wildman–Crippen LogP) is 0.115. The van der Waals surface area contributed by atoms with Gasteiger partial charge in [-0.15, -0.1) is 0 Å². The second-order valence-electron chi connectivity index (χ2n) is 6.52. The van der Waals surface area contributed by atoms with E-state index in [1.54, 1.807) is 4.90 Å². The number of likely N-dealkylation sites (tertiary alicyclic amines) is 1. The van der Waals surface area contributed by atoms with E-state index in [1.165, 1.54) is 0 Å². The molecule has 22 heavy (non-hydrogen) atoms. The molecule has 0 aromatic heterocycles. The van der Waals surface area contributed by atoms with Crippen LogP contribution in [0.4, 0.5) is 0 Å². The van der Waals surface area contributed by atoms with Crippen molar-refractivity contribution in [2.24, 2.45) is 5.92 Å². The topological polar surface area (TPSA) is 77.9 Å². The van der Waals surface area contributed by atoms with Gasteiger partial charge in [0.2, 0.25) is 5.91 Å². The fraction of sp³-hybridized carbons (Fsp3) is 0.933. The molecule has 0 saturated carbocycles. The molecule has 0 aromatic carbocycles. The Balaban J connectivity index is 1.96. The minimum atomic E-state index is -2.98. The van der Waals surface area contributed by atoms with Crippen molar-refractivity contribution in [3.05, 3.63) is 0 Å².